The van der Waals surface area contributed by atoms with Crippen LogP contribution in [0.15, 0.2) is 9.59 Å². The molecule has 20 heavy (non-hydrogen) atoms. The van der Waals surface area contributed by atoms with Crippen molar-refractivity contribution >= 4 is 22.8 Å². The van der Waals surface area contributed by atoms with Crippen LogP contribution in [0.2, 0.25) is 5.28 Å². The van der Waals surface area contributed by atoms with Gasteiger partial charge in [-0.1, -0.05) is 26.7 Å². The summed E-state index contributed by atoms with van der Waals surface area (Å²) in [7, 11) is 0. The van der Waals surface area contributed by atoms with Gasteiger partial charge in [-0.2, -0.15) is 4.98 Å². The van der Waals surface area contributed by atoms with Crippen molar-refractivity contribution in [2.45, 2.75) is 52.6 Å². The van der Waals surface area contributed by atoms with Crippen LogP contribution in [0, 0.1) is 0 Å². The van der Waals surface area contributed by atoms with E-state index in [4.69, 9.17) is 11.6 Å². The average Bonchev–Trinajstić information content (AvgIpc) is 2.81. The van der Waals surface area contributed by atoms with Gasteiger partial charge >= 0.3 is 5.69 Å². The monoisotopic (exact) mass is 298 g/mol. The number of hydrogen-bond donors (Lipinski definition) is 1. The highest BCUT2D eigenvalue weighted by Gasteiger charge is 2.16. The molecule has 2 rings (SSSR count). The third kappa shape index (κ3) is 2.65. The molecule has 0 aromatic carbocycles. The number of hydrogen-bond acceptors (Lipinski definition) is 3. The maximum atomic E-state index is 12.5. The molecular formula is C13H19ClN4O2. The summed E-state index contributed by atoms with van der Waals surface area (Å²) >= 11 is 5.84. The van der Waals surface area contributed by atoms with E-state index in [1.165, 1.54) is 9.13 Å². The number of H-pyrrole nitrogens is 1. The van der Waals surface area contributed by atoms with Gasteiger partial charge < -0.3 is 4.98 Å². The second kappa shape index (κ2) is 6.26. The van der Waals surface area contributed by atoms with Crippen LogP contribution in [-0.2, 0) is 13.1 Å². The van der Waals surface area contributed by atoms with Crippen molar-refractivity contribution in [2.75, 3.05) is 0 Å². The molecule has 2 heterocycles. The molecule has 0 fully saturated rings. The Morgan fingerprint density at radius 2 is 1.70 bits per heavy atom. The fraction of sp³-hybridized carbons (Fsp3) is 0.615. The largest absolute Gasteiger partial charge is 0.332 e. The van der Waals surface area contributed by atoms with Crippen LogP contribution >= 0.6 is 11.6 Å². The number of fused-ring (bicyclic) bond motifs is 1. The Hall–Kier alpha value is -1.56. The Bertz CT molecular complexity index is 713. The summed E-state index contributed by atoms with van der Waals surface area (Å²) < 4.78 is 2.81. The van der Waals surface area contributed by atoms with Crippen molar-refractivity contribution in [3.63, 3.8) is 0 Å². The number of rotatable bonds is 6. The first-order valence-corrected chi connectivity index (χ1v) is 7.36. The van der Waals surface area contributed by atoms with Crippen LogP contribution in [0.3, 0.4) is 0 Å². The minimum absolute atomic E-state index is 0.134. The zero-order valence-electron chi connectivity index (χ0n) is 11.8. The molecular weight excluding hydrogens is 280 g/mol. The number of nitrogens with zero attached hydrogens (tertiary/aromatic N) is 3. The molecule has 0 saturated heterocycles. The van der Waals surface area contributed by atoms with Crippen LogP contribution in [0.1, 0.15) is 39.5 Å². The molecule has 0 atom stereocenters. The van der Waals surface area contributed by atoms with Crippen LogP contribution in [-0.4, -0.2) is 19.1 Å². The van der Waals surface area contributed by atoms with Gasteiger partial charge in [-0.15, -0.1) is 0 Å². The average molecular weight is 299 g/mol. The van der Waals surface area contributed by atoms with E-state index in [-0.39, 0.29) is 16.5 Å². The molecule has 6 nitrogen and oxygen atoms in total. The Morgan fingerprint density at radius 1 is 1.10 bits per heavy atom. The highest BCUT2D eigenvalue weighted by atomic mass is 35.5. The maximum absolute atomic E-state index is 12.5. The topological polar surface area (TPSA) is 72.7 Å². The lowest BCUT2D eigenvalue weighted by molar-refractivity contribution is 0.530. The SMILES string of the molecule is CCCCn1c(=O)c2[nH]c(Cl)nc2n(CCCC)c1=O. The van der Waals surface area contributed by atoms with Gasteiger partial charge in [0.25, 0.3) is 5.56 Å². The maximum Gasteiger partial charge on any atom is 0.332 e. The highest BCUT2D eigenvalue weighted by Crippen LogP contribution is 2.10. The molecule has 0 aliphatic rings. The highest BCUT2D eigenvalue weighted by molar-refractivity contribution is 6.28. The molecule has 2 aromatic rings. The van der Waals surface area contributed by atoms with E-state index in [0.29, 0.717) is 24.3 Å². The molecule has 2 aromatic heterocycles. The number of imidazole rings is 1. The van der Waals surface area contributed by atoms with Crippen molar-refractivity contribution in [3.8, 4) is 0 Å². The van der Waals surface area contributed by atoms with Gasteiger partial charge in [0.1, 0.15) is 0 Å². The van der Waals surface area contributed by atoms with Gasteiger partial charge in [-0.3, -0.25) is 13.9 Å². The lowest BCUT2D eigenvalue weighted by Crippen LogP contribution is -2.40. The second-order valence-corrected chi connectivity index (χ2v) is 5.18. The fourth-order valence-corrected chi connectivity index (χ4v) is 2.34. The fourth-order valence-electron chi connectivity index (χ4n) is 2.17. The molecule has 0 bridgehead atoms. The van der Waals surface area contributed by atoms with Crippen LogP contribution in [0.25, 0.3) is 11.2 Å². The molecule has 0 radical (unpaired) electrons. The molecule has 0 aliphatic heterocycles. The zero-order valence-corrected chi connectivity index (χ0v) is 12.5. The van der Waals surface area contributed by atoms with Gasteiger partial charge in [-0.25, -0.2) is 4.79 Å². The van der Waals surface area contributed by atoms with Crippen molar-refractivity contribution in [1.29, 1.82) is 0 Å². The molecule has 0 amide bonds. The van der Waals surface area contributed by atoms with E-state index in [9.17, 15) is 9.59 Å². The molecule has 7 heteroatoms. The van der Waals surface area contributed by atoms with Crippen LogP contribution in [0.5, 0.6) is 0 Å². The summed E-state index contributed by atoms with van der Waals surface area (Å²) in [6.07, 6.45) is 3.52. The van der Waals surface area contributed by atoms with E-state index < -0.39 is 0 Å². The lowest BCUT2D eigenvalue weighted by Gasteiger charge is -2.10. The van der Waals surface area contributed by atoms with Gasteiger partial charge in [0.2, 0.25) is 5.28 Å². The predicted octanol–water partition coefficient (Wildman–Crippen LogP) is 2.14. The molecule has 1 N–H and O–H groups in total. The zero-order chi connectivity index (χ0) is 14.7. The Labute approximate surface area is 121 Å². The van der Waals surface area contributed by atoms with Crippen molar-refractivity contribution in [3.05, 3.63) is 26.1 Å². The summed E-state index contributed by atoms with van der Waals surface area (Å²) in [5.41, 5.74) is 0.0196. The summed E-state index contributed by atoms with van der Waals surface area (Å²) in [5, 5.41) is 0.134. The number of aromatic amines is 1. The first-order valence-electron chi connectivity index (χ1n) is 6.99. The molecule has 0 spiro atoms. The number of halogens is 1. The summed E-state index contributed by atoms with van der Waals surface area (Å²) in [6.45, 7) is 5.03. The standard InChI is InChI=1S/C13H19ClN4O2/c1-3-5-7-17-10-9(15-12(14)16-10)11(19)18(13(17)20)8-6-4-2/h3-8H2,1-2H3,(H,15,16). The summed E-state index contributed by atoms with van der Waals surface area (Å²) in [5.74, 6) is 0. The minimum Gasteiger partial charge on any atom is -0.323 e. The molecule has 0 unspecified atom stereocenters. The van der Waals surface area contributed by atoms with Crippen LogP contribution < -0.4 is 11.2 Å². The summed E-state index contributed by atoms with van der Waals surface area (Å²) in [4.78, 5) is 31.6. The third-order valence-electron chi connectivity index (χ3n) is 3.30. The normalized spacial score (nSPS) is 11.3. The predicted molar refractivity (Wildman–Crippen MR) is 79.4 cm³/mol. The number of nitrogens with one attached hydrogen (secondary N) is 1. The van der Waals surface area contributed by atoms with E-state index in [1.54, 1.807) is 0 Å². The number of aryl methyl sites for hydroxylation is 1. The van der Waals surface area contributed by atoms with Crippen molar-refractivity contribution in [2.24, 2.45) is 0 Å². The quantitative estimate of drug-likeness (QED) is 0.830. The van der Waals surface area contributed by atoms with E-state index in [1.807, 2.05) is 13.8 Å². The Morgan fingerprint density at radius 3 is 2.30 bits per heavy atom. The Kier molecular flexibility index (Phi) is 4.65. The van der Waals surface area contributed by atoms with Crippen LogP contribution in [0.4, 0.5) is 0 Å². The van der Waals surface area contributed by atoms with Gasteiger partial charge in [-0.05, 0) is 24.4 Å². The number of aromatic nitrogens is 4. The first-order chi connectivity index (χ1) is 9.60. The minimum atomic E-state index is -0.342. The molecule has 110 valence electrons. The molecule has 0 saturated carbocycles. The second-order valence-electron chi connectivity index (χ2n) is 4.82. The van der Waals surface area contributed by atoms with E-state index >= 15 is 0 Å². The van der Waals surface area contributed by atoms with Gasteiger partial charge in [0.15, 0.2) is 11.2 Å². The third-order valence-corrected chi connectivity index (χ3v) is 3.48. The smallest absolute Gasteiger partial charge is 0.323 e. The Balaban J connectivity index is 2.67. The summed E-state index contributed by atoms with van der Waals surface area (Å²) in [6, 6.07) is 0. The first kappa shape index (κ1) is 14.8. The van der Waals surface area contributed by atoms with E-state index in [2.05, 4.69) is 9.97 Å². The van der Waals surface area contributed by atoms with Gasteiger partial charge in [0.05, 0.1) is 0 Å². The molecule has 0 aliphatic carbocycles. The lowest BCUT2D eigenvalue weighted by atomic mass is 10.3. The van der Waals surface area contributed by atoms with Gasteiger partial charge in [0, 0.05) is 13.1 Å². The number of unbranched alkanes of at least 4 members (excludes halogenated alkanes) is 2. The van der Waals surface area contributed by atoms with Crippen molar-refractivity contribution < 1.29 is 0 Å². The van der Waals surface area contributed by atoms with E-state index in [0.717, 1.165) is 25.7 Å². The van der Waals surface area contributed by atoms with Crippen molar-refractivity contribution in [1.82, 2.24) is 19.1 Å².